The van der Waals surface area contributed by atoms with Gasteiger partial charge in [-0.2, -0.15) is 0 Å². The maximum atomic E-state index is 13.0. The first kappa shape index (κ1) is 18.2. The number of piperazine rings is 1. The van der Waals surface area contributed by atoms with Gasteiger partial charge in [0.2, 0.25) is 5.91 Å². The minimum atomic E-state index is 0.190. The van der Waals surface area contributed by atoms with Gasteiger partial charge in [0, 0.05) is 31.4 Å². The van der Waals surface area contributed by atoms with Crippen LogP contribution < -0.4 is 4.90 Å². The van der Waals surface area contributed by atoms with Crippen LogP contribution in [0.25, 0.3) is 5.69 Å². The van der Waals surface area contributed by atoms with Crippen LogP contribution in [0.4, 0.5) is 5.69 Å². The van der Waals surface area contributed by atoms with Gasteiger partial charge >= 0.3 is 0 Å². The van der Waals surface area contributed by atoms with Gasteiger partial charge in [-0.05, 0) is 46.7 Å². The normalized spacial score (nSPS) is 17.0. The van der Waals surface area contributed by atoms with Gasteiger partial charge in [0.1, 0.15) is 6.33 Å². The molecule has 0 radical (unpaired) electrons. The topological polar surface area (TPSA) is 67.2 Å². The van der Waals surface area contributed by atoms with Crippen LogP contribution in [0.2, 0.25) is 0 Å². The smallest absolute Gasteiger partial charge is 0.227 e. The van der Waals surface area contributed by atoms with Crippen molar-refractivity contribution in [2.45, 2.75) is 25.8 Å². The van der Waals surface area contributed by atoms with Gasteiger partial charge in [-0.3, -0.25) is 4.79 Å². The third-order valence-corrected chi connectivity index (χ3v) is 5.30. The molecule has 1 atom stereocenters. The van der Waals surface area contributed by atoms with Crippen molar-refractivity contribution in [3.8, 4) is 5.69 Å². The molecule has 1 aromatic heterocycles. The van der Waals surface area contributed by atoms with E-state index in [-0.39, 0.29) is 11.9 Å². The second-order valence-corrected chi connectivity index (χ2v) is 7.03. The number of hydrogen-bond donors (Lipinski definition) is 0. The molecule has 0 spiro atoms. The second-order valence-electron chi connectivity index (χ2n) is 7.03. The number of benzene rings is 2. The van der Waals surface area contributed by atoms with E-state index < -0.39 is 0 Å². The SMILES string of the molecule is CCC1CN(c2ccccc2)CCN1C(=O)Cc1ccc(-n2cnnn2)cc1. The largest absolute Gasteiger partial charge is 0.368 e. The number of aromatic nitrogens is 4. The molecule has 7 heteroatoms. The van der Waals surface area contributed by atoms with E-state index in [2.05, 4.69) is 56.5 Å². The summed E-state index contributed by atoms with van der Waals surface area (Å²) in [6, 6.07) is 18.5. The number of amides is 1. The zero-order chi connectivity index (χ0) is 19.3. The molecule has 4 rings (SSSR count). The van der Waals surface area contributed by atoms with Crippen molar-refractivity contribution >= 4 is 11.6 Å². The summed E-state index contributed by atoms with van der Waals surface area (Å²) in [5, 5.41) is 11.2. The number of nitrogens with zero attached hydrogens (tertiary/aromatic N) is 6. The summed E-state index contributed by atoms with van der Waals surface area (Å²) in [5.41, 5.74) is 3.11. The van der Waals surface area contributed by atoms with Crippen molar-refractivity contribution in [1.82, 2.24) is 25.1 Å². The monoisotopic (exact) mass is 376 g/mol. The maximum Gasteiger partial charge on any atom is 0.227 e. The Balaban J connectivity index is 1.40. The van der Waals surface area contributed by atoms with Crippen LogP contribution in [0.3, 0.4) is 0 Å². The molecular weight excluding hydrogens is 352 g/mol. The molecule has 0 bridgehead atoms. The average Bonchev–Trinajstić information content (AvgIpc) is 3.29. The van der Waals surface area contributed by atoms with E-state index in [1.54, 1.807) is 11.0 Å². The van der Waals surface area contributed by atoms with Crippen molar-refractivity contribution in [1.29, 1.82) is 0 Å². The molecule has 2 heterocycles. The van der Waals surface area contributed by atoms with E-state index in [4.69, 9.17) is 0 Å². The Morgan fingerprint density at radius 2 is 1.82 bits per heavy atom. The summed E-state index contributed by atoms with van der Waals surface area (Å²) in [4.78, 5) is 17.4. The van der Waals surface area contributed by atoms with Gasteiger partial charge in [0.25, 0.3) is 0 Å². The zero-order valence-electron chi connectivity index (χ0n) is 16.0. The number of para-hydroxylation sites is 1. The van der Waals surface area contributed by atoms with Crippen LogP contribution in [0.1, 0.15) is 18.9 Å². The van der Waals surface area contributed by atoms with Crippen molar-refractivity contribution < 1.29 is 4.79 Å². The molecule has 1 aliphatic rings. The quantitative estimate of drug-likeness (QED) is 0.684. The molecule has 7 nitrogen and oxygen atoms in total. The molecule has 1 fully saturated rings. The van der Waals surface area contributed by atoms with Gasteiger partial charge < -0.3 is 9.80 Å². The Bertz CT molecular complexity index is 894. The first-order chi connectivity index (χ1) is 13.7. The van der Waals surface area contributed by atoms with Crippen LogP contribution in [0, 0.1) is 0 Å². The molecule has 1 unspecified atom stereocenters. The molecule has 144 valence electrons. The first-order valence-electron chi connectivity index (χ1n) is 9.66. The third kappa shape index (κ3) is 3.88. The van der Waals surface area contributed by atoms with E-state index >= 15 is 0 Å². The Morgan fingerprint density at radius 1 is 1.04 bits per heavy atom. The van der Waals surface area contributed by atoms with E-state index in [1.165, 1.54) is 5.69 Å². The fraction of sp³-hybridized carbons (Fsp3) is 0.333. The third-order valence-electron chi connectivity index (χ3n) is 5.30. The Morgan fingerprint density at radius 3 is 2.50 bits per heavy atom. The summed E-state index contributed by atoms with van der Waals surface area (Å²) < 4.78 is 1.60. The zero-order valence-corrected chi connectivity index (χ0v) is 16.0. The molecular formula is C21H24N6O. The second kappa shape index (κ2) is 8.21. The lowest BCUT2D eigenvalue weighted by Gasteiger charge is -2.42. The fourth-order valence-electron chi connectivity index (χ4n) is 3.73. The van der Waals surface area contributed by atoms with Crippen molar-refractivity contribution in [2.24, 2.45) is 0 Å². The van der Waals surface area contributed by atoms with Crippen LogP contribution in [0.15, 0.2) is 60.9 Å². The van der Waals surface area contributed by atoms with E-state index in [9.17, 15) is 4.79 Å². The van der Waals surface area contributed by atoms with Crippen LogP contribution in [-0.2, 0) is 11.2 Å². The Kier molecular flexibility index (Phi) is 5.32. The van der Waals surface area contributed by atoms with E-state index in [0.29, 0.717) is 6.42 Å². The van der Waals surface area contributed by atoms with Crippen molar-refractivity contribution in [2.75, 3.05) is 24.5 Å². The van der Waals surface area contributed by atoms with E-state index in [1.807, 2.05) is 30.3 Å². The summed E-state index contributed by atoms with van der Waals surface area (Å²) in [7, 11) is 0. The molecule has 3 aromatic rings. The Labute approximate surface area is 164 Å². The first-order valence-corrected chi connectivity index (χ1v) is 9.66. The van der Waals surface area contributed by atoms with Gasteiger partial charge in [-0.25, -0.2) is 4.68 Å². The Hall–Kier alpha value is -3.22. The molecule has 0 aliphatic carbocycles. The maximum absolute atomic E-state index is 13.0. The predicted octanol–water partition coefficient (Wildman–Crippen LogP) is 2.33. The predicted molar refractivity (Wildman–Crippen MR) is 107 cm³/mol. The number of rotatable bonds is 5. The molecule has 0 N–H and O–H groups in total. The van der Waals surface area contributed by atoms with Gasteiger partial charge in [0.15, 0.2) is 0 Å². The highest BCUT2D eigenvalue weighted by Gasteiger charge is 2.29. The molecule has 1 saturated heterocycles. The van der Waals surface area contributed by atoms with Crippen LogP contribution in [-0.4, -0.2) is 56.7 Å². The number of carbonyl (C=O) groups excluding carboxylic acids is 1. The molecule has 28 heavy (non-hydrogen) atoms. The number of hydrogen-bond acceptors (Lipinski definition) is 5. The lowest BCUT2D eigenvalue weighted by molar-refractivity contribution is -0.133. The highest BCUT2D eigenvalue weighted by Crippen LogP contribution is 2.21. The average molecular weight is 376 g/mol. The van der Waals surface area contributed by atoms with Crippen LogP contribution >= 0.6 is 0 Å². The number of tetrazole rings is 1. The summed E-state index contributed by atoms with van der Waals surface area (Å²) in [6.07, 6.45) is 2.92. The highest BCUT2D eigenvalue weighted by molar-refractivity contribution is 5.79. The molecule has 2 aromatic carbocycles. The lowest BCUT2D eigenvalue weighted by Crippen LogP contribution is -2.55. The van der Waals surface area contributed by atoms with E-state index in [0.717, 1.165) is 37.3 Å². The minimum Gasteiger partial charge on any atom is -0.368 e. The minimum absolute atomic E-state index is 0.190. The lowest BCUT2D eigenvalue weighted by atomic mass is 10.1. The van der Waals surface area contributed by atoms with Crippen molar-refractivity contribution in [3.05, 3.63) is 66.5 Å². The van der Waals surface area contributed by atoms with Crippen molar-refractivity contribution in [3.63, 3.8) is 0 Å². The highest BCUT2D eigenvalue weighted by atomic mass is 16.2. The standard InChI is InChI=1S/C21H24N6O/c1-2-18-15-25(19-6-4-3-5-7-19)12-13-26(18)21(28)14-17-8-10-20(11-9-17)27-16-22-23-24-27/h3-11,16,18H,2,12-15H2,1H3. The molecule has 1 aliphatic heterocycles. The molecule has 1 amide bonds. The van der Waals surface area contributed by atoms with Gasteiger partial charge in [-0.15, -0.1) is 5.10 Å². The van der Waals surface area contributed by atoms with Crippen LogP contribution in [0.5, 0.6) is 0 Å². The summed E-state index contributed by atoms with van der Waals surface area (Å²) >= 11 is 0. The fourth-order valence-corrected chi connectivity index (χ4v) is 3.73. The molecule has 0 saturated carbocycles. The van der Waals surface area contributed by atoms with Gasteiger partial charge in [-0.1, -0.05) is 37.3 Å². The van der Waals surface area contributed by atoms with Gasteiger partial charge in [0.05, 0.1) is 12.1 Å². The summed E-state index contributed by atoms with van der Waals surface area (Å²) in [6.45, 7) is 4.66. The number of carbonyl (C=O) groups is 1. The summed E-state index contributed by atoms with van der Waals surface area (Å²) in [5.74, 6) is 0.190. The number of anilines is 1.